The van der Waals surface area contributed by atoms with Crippen LogP contribution in [0.1, 0.15) is 13.8 Å². The topological polar surface area (TPSA) is 115 Å². The van der Waals surface area contributed by atoms with Crippen LogP contribution in [-0.2, 0) is 17.1 Å². The van der Waals surface area contributed by atoms with Gasteiger partial charge >= 0.3 is 0 Å². The minimum atomic E-state index is -3.98. The van der Waals surface area contributed by atoms with Crippen LogP contribution in [0.5, 0.6) is 17.4 Å². The van der Waals surface area contributed by atoms with Crippen molar-refractivity contribution in [2.24, 2.45) is 13.0 Å². The summed E-state index contributed by atoms with van der Waals surface area (Å²) in [6, 6.07) is 17.0. The molecule has 3 heterocycles. The van der Waals surface area contributed by atoms with Crippen molar-refractivity contribution in [2.45, 2.75) is 18.7 Å². The third-order valence-corrected chi connectivity index (χ3v) is 7.84. The fourth-order valence-corrected chi connectivity index (χ4v) is 5.23. The molecule has 5 rings (SSSR count). The van der Waals surface area contributed by atoms with Crippen LogP contribution in [0.15, 0.2) is 71.9 Å². The summed E-state index contributed by atoms with van der Waals surface area (Å²) >= 11 is 0. The number of piperazine rings is 1. The molecule has 0 saturated carbocycles. The fraction of sp³-hybridized carbons (Fsp3) is 0.345. The Hall–Kier alpha value is -4.16. The minimum Gasteiger partial charge on any atom is -0.493 e. The highest BCUT2D eigenvalue weighted by molar-refractivity contribution is 7.92. The number of benzene rings is 2. The van der Waals surface area contributed by atoms with E-state index in [1.165, 1.54) is 17.1 Å². The molecule has 0 bridgehead atoms. The molecule has 1 fully saturated rings. The van der Waals surface area contributed by atoms with E-state index in [4.69, 9.17) is 9.47 Å². The molecule has 11 nitrogen and oxygen atoms in total. The SMILES string of the molecule is CC(C)COc1cccc(-c2cc(Oc3ccc(N4CCN(C)CC4)cc3)nc(NS(=O)(=O)c3cnn(C)c3)n2)c1. The van der Waals surface area contributed by atoms with Crippen LogP contribution >= 0.6 is 0 Å². The van der Waals surface area contributed by atoms with E-state index in [9.17, 15) is 8.42 Å². The average Bonchev–Trinajstić information content (AvgIpc) is 3.40. The Balaban J connectivity index is 1.44. The first-order valence-electron chi connectivity index (χ1n) is 13.5. The first kappa shape index (κ1) is 28.4. The molecule has 2 aromatic heterocycles. The number of likely N-dealkylation sites (N-methyl/N-ethyl adjacent to an activating group) is 1. The molecular weight excluding hydrogens is 542 g/mol. The van der Waals surface area contributed by atoms with Gasteiger partial charge in [-0.05, 0) is 49.4 Å². The summed E-state index contributed by atoms with van der Waals surface area (Å²) in [6.45, 7) is 8.69. The number of sulfonamides is 1. The van der Waals surface area contributed by atoms with Crippen molar-refractivity contribution in [1.82, 2.24) is 24.6 Å². The molecule has 216 valence electrons. The number of aryl methyl sites for hydroxylation is 1. The van der Waals surface area contributed by atoms with E-state index < -0.39 is 10.0 Å². The van der Waals surface area contributed by atoms with Gasteiger partial charge in [-0.1, -0.05) is 26.0 Å². The number of hydrogen-bond acceptors (Lipinski definition) is 9. The molecule has 0 atom stereocenters. The Morgan fingerprint density at radius 1 is 0.951 bits per heavy atom. The maximum atomic E-state index is 13.0. The van der Waals surface area contributed by atoms with E-state index in [0.29, 0.717) is 29.7 Å². The van der Waals surface area contributed by atoms with Crippen molar-refractivity contribution in [3.8, 4) is 28.6 Å². The number of ether oxygens (including phenoxy) is 2. The predicted molar refractivity (Wildman–Crippen MR) is 158 cm³/mol. The van der Waals surface area contributed by atoms with Gasteiger partial charge in [0.15, 0.2) is 0 Å². The highest BCUT2D eigenvalue weighted by Crippen LogP contribution is 2.30. The van der Waals surface area contributed by atoms with Crippen LogP contribution in [0, 0.1) is 5.92 Å². The lowest BCUT2D eigenvalue weighted by Gasteiger charge is -2.34. The summed E-state index contributed by atoms with van der Waals surface area (Å²) in [4.78, 5) is 13.5. The maximum Gasteiger partial charge on any atom is 0.267 e. The maximum absolute atomic E-state index is 13.0. The van der Waals surface area contributed by atoms with Gasteiger partial charge in [0.25, 0.3) is 10.0 Å². The van der Waals surface area contributed by atoms with Crippen LogP contribution in [0.2, 0.25) is 0 Å². The zero-order valence-corrected chi connectivity index (χ0v) is 24.5. The molecule has 4 aromatic rings. The van der Waals surface area contributed by atoms with Gasteiger partial charge in [-0.2, -0.15) is 10.1 Å². The number of hydrogen-bond donors (Lipinski definition) is 1. The Morgan fingerprint density at radius 2 is 1.71 bits per heavy atom. The lowest BCUT2D eigenvalue weighted by molar-refractivity contribution is 0.271. The van der Waals surface area contributed by atoms with Gasteiger partial charge in [-0.3, -0.25) is 4.68 Å². The molecule has 0 radical (unpaired) electrons. The highest BCUT2D eigenvalue weighted by atomic mass is 32.2. The molecule has 41 heavy (non-hydrogen) atoms. The Labute approximate surface area is 240 Å². The standard InChI is InChI=1S/C29H35N7O4S/c1-21(2)20-39-25-7-5-6-22(16-25)27-17-28(32-29(31-27)33-41(37,38)26-18-30-35(4)19-26)40-24-10-8-23(9-11-24)36-14-12-34(3)13-15-36/h5-11,16-19,21H,12-15,20H2,1-4H3,(H,31,32,33). The van der Waals surface area contributed by atoms with Crippen molar-refractivity contribution in [2.75, 3.05) is 49.5 Å². The molecule has 0 spiro atoms. The van der Waals surface area contributed by atoms with E-state index in [-0.39, 0.29) is 16.7 Å². The van der Waals surface area contributed by atoms with Crippen molar-refractivity contribution in [3.63, 3.8) is 0 Å². The van der Waals surface area contributed by atoms with Gasteiger partial charge in [0.05, 0.1) is 18.5 Å². The first-order chi connectivity index (χ1) is 19.6. The van der Waals surface area contributed by atoms with Gasteiger partial charge in [-0.15, -0.1) is 0 Å². The molecule has 1 aliphatic rings. The molecule has 1 saturated heterocycles. The van der Waals surface area contributed by atoms with Crippen molar-refractivity contribution < 1.29 is 17.9 Å². The largest absolute Gasteiger partial charge is 0.493 e. The Bertz CT molecular complexity index is 1580. The summed E-state index contributed by atoms with van der Waals surface area (Å²) in [5.74, 6) is 1.70. The Morgan fingerprint density at radius 3 is 2.39 bits per heavy atom. The van der Waals surface area contributed by atoms with Gasteiger partial charge in [0, 0.05) is 56.7 Å². The summed E-state index contributed by atoms with van der Waals surface area (Å²) in [6.07, 6.45) is 2.67. The van der Waals surface area contributed by atoms with Crippen LogP contribution in [0.25, 0.3) is 11.3 Å². The normalized spacial score (nSPS) is 14.3. The highest BCUT2D eigenvalue weighted by Gasteiger charge is 2.20. The van der Waals surface area contributed by atoms with E-state index in [1.807, 2.05) is 48.5 Å². The Kier molecular flexibility index (Phi) is 8.41. The molecule has 0 amide bonds. The van der Waals surface area contributed by atoms with Crippen molar-refractivity contribution >= 4 is 21.7 Å². The van der Waals surface area contributed by atoms with Crippen LogP contribution < -0.4 is 19.1 Å². The van der Waals surface area contributed by atoms with Gasteiger partial charge in [0.2, 0.25) is 11.8 Å². The second-order valence-corrected chi connectivity index (χ2v) is 12.2. The third kappa shape index (κ3) is 7.33. The molecule has 0 unspecified atom stereocenters. The van der Waals surface area contributed by atoms with E-state index in [0.717, 1.165) is 37.4 Å². The molecule has 12 heteroatoms. The lowest BCUT2D eigenvalue weighted by atomic mass is 10.1. The first-order valence-corrected chi connectivity index (χ1v) is 15.0. The van der Waals surface area contributed by atoms with Gasteiger partial charge < -0.3 is 19.3 Å². The van der Waals surface area contributed by atoms with E-state index in [1.54, 1.807) is 13.1 Å². The summed E-state index contributed by atoms with van der Waals surface area (Å²) in [5.41, 5.74) is 2.32. The number of anilines is 2. The van der Waals surface area contributed by atoms with E-state index in [2.05, 4.69) is 50.5 Å². The number of nitrogens with zero attached hydrogens (tertiary/aromatic N) is 6. The van der Waals surface area contributed by atoms with Crippen LogP contribution in [0.3, 0.4) is 0 Å². The second-order valence-electron chi connectivity index (χ2n) is 10.5. The van der Waals surface area contributed by atoms with Crippen molar-refractivity contribution in [3.05, 3.63) is 67.0 Å². The molecule has 1 N–H and O–H groups in total. The van der Waals surface area contributed by atoms with Crippen molar-refractivity contribution in [1.29, 1.82) is 0 Å². The summed E-state index contributed by atoms with van der Waals surface area (Å²) < 4.78 is 41.9. The number of nitrogens with one attached hydrogen (secondary N) is 1. The van der Waals surface area contributed by atoms with Crippen LogP contribution in [-0.4, -0.2) is 72.9 Å². The predicted octanol–water partition coefficient (Wildman–Crippen LogP) is 4.26. The second kappa shape index (κ2) is 12.1. The zero-order valence-electron chi connectivity index (χ0n) is 23.7. The fourth-order valence-electron chi connectivity index (χ4n) is 4.31. The van der Waals surface area contributed by atoms with Gasteiger partial charge in [0.1, 0.15) is 16.4 Å². The van der Waals surface area contributed by atoms with E-state index >= 15 is 0 Å². The smallest absolute Gasteiger partial charge is 0.267 e. The number of aromatic nitrogens is 4. The zero-order chi connectivity index (χ0) is 29.0. The third-order valence-electron chi connectivity index (χ3n) is 6.56. The average molecular weight is 578 g/mol. The molecule has 1 aliphatic heterocycles. The van der Waals surface area contributed by atoms with Gasteiger partial charge in [-0.25, -0.2) is 18.1 Å². The molecule has 0 aliphatic carbocycles. The lowest BCUT2D eigenvalue weighted by Crippen LogP contribution is -2.44. The molecular formula is C29H35N7O4S. The summed E-state index contributed by atoms with van der Waals surface area (Å²) in [7, 11) is -0.203. The minimum absolute atomic E-state index is 0.0000458. The molecule has 2 aromatic carbocycles. The monoisotopic (exact) mass is 577 g/mol. The number of rotatable bonds is 10. The van der Waals surface area contributed by atoms with Crippen LogP contribution in [0.4, 0.5) is 11.6 Å². The quantitative estimate of drug-likeness (QED) is 0.295. The summed E-state index contributed by atoms with van der Waals surface area (Å²) in [5, 5.41) is 3.96.